The van der Waals surface area contributed by atoms with Crippen LogP contribution in [0.2, 0.25) is 5.02 Å². The Morgan fingerprint density at radius 2 is 2.22 bits per heavy atom. The molecule has 0 radical (unpaired) electrons. The van der Waals surface area contributed by atoms with Gasteiger partial charge in [-0.2, -0.15) is 5.10 Å². The second-order valence-electron chi connectivity index (χ2n) is 3.82. The van der Waals surface area contributed by atoms with Gasteiger partial charge in [0.25, 0.3) is 0 Å². The van der Waals surface area contributed by atoms with Gasteiger partial charge >= 0.3 is 0 Å². The molecular weight excluding hydrogens is 318 g/mol. The summed E-state index contributed by atoms with van der Waals surface area (Å²) >= 11 is 9.45. The number of nitrogens with two attached hydrogens (primary N) is 1. The van der Waals surface area contributed by atoms with E-state index in [4.69, 9.17) is 22.1 Å². The first-order valence-corrected chi connectivity index (χ1v) is 6.64. The zero-order valence-electron chi connectivity index (χ0n) is 10.1. The van der Waals surface area contributed by atoms with Crippen LogP contribution in [0.5, 0.6) is 11.6 Å². The van der Waals surface area contributed by atoms with Gasteiger partial charge in [-0.15, -0.1) is 0 Å². The van der Waals surface area contributed by atoms with E-state index in [9.17, 15) is 0 Å². The molecule has 2 aromatic rings. The molecule has 1 heterocycles. The lowest BCUT2D eigenvalue weighted by atomic mass is 10.3. The lowest BCUT2D eigenvalue weighted by Crippen LogP contribution is -1.97. The van der Waals surface area contributed by atoms with Gasteiger partial charge in [0.2, 0.25) is 5.88 Å². The molecule has 96 valence electrons. The molecule has 0 aliphatic heterocycles. The van der Waals surface area contributed by atoms with Crippen LogP contribution in [0.25, 0.3) is 0 Å². The van der Waals surface area contributed by atoms with Crippen molar-refractivity contribution in [1.29, 1.82) is 0 Å². The predicted octanol–water partition coefficient (Wildman–Crippen LogP) is 3.77. The van der Waals surface area contributed by atoms with Crippen molar-refractivity contribution in [3.63, 3.8) is 0 Å². The maximum Gasteiger partial charge on any atom is 0.241 e. The Balaban J connectivity index is 2.39. The summed E-state index contributed by atoms with van der Waals surface area (Å²) in [6.45, 7) is 1.99. The van der Waals surface area contributed by atoms with Gasteiger partial charge in [-0.05, 0) is 24.6 Å². The van der Waals surface area contributed by atoms with Crippen molar-refractivity contribution in [3.05, 3.63) is 33.4 Å². The van der Waals surface area contributed by atoms with Crippen molar-refractivity contribution in [2.24, 2.45) is 7.05 Å². The molecule has 1 aromatic carbocycles. The predicted molar refractivity (Wildman–Crippen MR) is 76.2 cm³/mol. The first-order valence-electron chi connectivity index (χ1n) is 5.47. The van der Waals surface area contributed by atoms with Crippen molar-refractivity contribution < 1.29 is 4.74 Å². The van der Waals surface area contributed by atoms with E-state index in [1.54, 1.807) is 23.9 Å². The zero-order chi connectivity index (χ0) is 13.3. The zero-order valence-corrected chi connectivity index (χ0v) is 12.4. The van der Waals surface area contributed by atoms with Gasteiger partial charge in [0.05, 0.1) is 10.7 Å². The smallest absolute Gasteiger partial charge is 0.241 e. The summed E-state index contributed by atoms with van der Waals surface area (Å²) in [5, 5.41) is 4.81. The minimum atomic E-state index is 0.506. The minimum absolute atomic E-state index is 0.506. The Labute approximate surface area is 119 Å². The van der Waals surface area contributed by atoms with Crippen molar-refractivity contribution in [2.75, 3.05) is 5.73 Å². The maximum atomic E-state index is 6.08. The largest absolute Gasteiger partial charge is 0.436 e. The van der Waals surface area contributed by atoms with Crippen molar-refractivity contribution in [3.8, 4) is 11.6 Å². The third-order valence-electron chi connectivity index (χ3n) is 2.54. The van der Waals surface area contributed by atoms with Crippen LogP contribution in [0.15, 0.2) is 22.7 Å². The molecule has 6 heteroatoms. The van der Waals surface area contributed by atoms with Crippen LogP contribution in [0.3, 0.4) is 0 Å². The lowest BCUT2D eigenvalue weighted by molar-refractivity contribution is 0.432. The van der Waals surface area contributed by atoms with Gasteiger partial charge in [0, 0.05) is 11.5 Å². The van der Waals surface area contributed by atoms with Gasteiger partial charge in [-0.3, -0.25) is 0 Å². The number of anilines is 1. The summed E-state index contributed by atoms with van der Waals surface area (Å²) in [6, 6.07) is 5.40. The van der Waals surface area contributed by atoms with Crippen molar-refractivity contribution >= 4 is 33.2 Å². The molecule has 0 unspecified atom stereocenters. The summed E-state index contributed by atoms with van der Waals surface area (Å²) in [5.41, 5.74) is 7.36. The van der Waals surface area contributed by atoms with Crippen LogP contribution in [-0.4, -0.2) is 9.78 Å². The number of nitrogen functional groups attached to an aromatic ring is 1. The van der Waals surface area contributed by atoms with Crippen LogP contribution < -0.4 is 10.5 Å². The molecule has 2 rings (SSSR count). The number of aromatic nitrogens is 2. The van der Waals surface area contributed by atoms with Gasteiger partial charge in [-0.25, -0.2) is 4.68 Å². The molecule has 0 spiro atoms. The Hall–Kier alpha value is -1.20. The molecule has 0 fully saturated rings. The van der Waals surface area contributed by atoms with E-state index in [1.165, 1.54) is 0 Å². The average molecular weight is 331 g/mol. The summed E-state index contributed by atoms with van der Waals surface area (Å²) in [4.78, 5) is 0. The Morgan fingerprint density at radius 1 is 1.50 bits per heavy atom. The molecule has 0 saturated carbocycles. The highest BCUT2D eigenvalue weighted by molar-refractivity contribution is 9.10. The summed E-state index contributed by atoms with van der Waals surface area (Å²) in [7, 11) is 1.79. The fraction of sp³-hybridized carbons (Fsp3) is 0.250. The molecule has 2 N–H and O–H groups in total. The number of halogens is 2. The maximum absolute atomic E-state index is 6.08. The molecule has 0 bridgehead atoms. The number of aryl methyl sites for hydroxylation is 2. The third kappa shape index (κ3) is 2.47. The van der Waals surface area contributed by atoms with E-state index >= 15 is 0 Å². The topological polar surface area (TPSA) is 53.1 Å². The standard InChI is InChI=1S/C12H13BrClN3O/c1-3-9-11(15)12(17(2)16-9)18-10-6-7(13)4-5-8(10)14/h4-6H,3,15H2,1-2H3. The monoisotopic (exact) mass is 329 g/mol. The van der Waals surface area contributed by atoms with Crippen LogP contribution in [0, 0.1) is 0 Å². The van der Waals surface area contributed by atoms with Crippen molar-refractivity contribution in [2.45, 2.75) is 13.3 Å². The average Bonchev–Trinajstić information content (AvgIpc) is 2.61. The molecule has 0 aliphatic rings. The minimum Gasteiger partial charge on any atom is -0.436 e. The van der Waals surface area contributed by atoms with E-state index in [0.29, 0.717) is 22.3 Å². The van der Waals surface area contributed by atoms with E-state index in [0.717, 1.165) is 16.6 Å². The van der Waals surface area contributed by atoms with Gasteiger partial charge < -0.3 is 10.5 Å². The Kier molecular flexibility index (Phi) is 3.82. The summed E-state index contributed by atoms with van der Waals surface area (Å²) in [6.07, 6.45) is 0.759. The summed E-state index contributed by atoms with van der Waals surface area (Å²) in [5.74, 6) is 1.05. The van der Waals surface area contributed by atoms with Gasteiger partial charge in [-0.1, -0.05) is 34.5 Å². The first-order chi connectivity index (χ1) is 8.52. The first kappa shape index (κ1) is 13.2. The van der Waals surface area contributed by atoms with Crippen LogP contribution in [0.4, 0.5) is 5.69 Å². The van der Waals surface area contributed by atoms with Crippen LogP contribution >= 0.6 is 27.5 Å². The fourth-order valence-electron chi connectivity index (χ4n) is 1.62. The lowest BCUT2D eigenvalue weighted by Gasteiger charge is -2.08. The molecular formula is C12H13BrClN3O. The molecule has 0 atom stereocenters. The highest BCUT2D eigenvalue weighted by atomic mass is 79.9. The van der Waals surface area contributed by atoms with Crippen LogP contribution in [0.1, 0.15) is 12.6 Å². The fourth-order valence-corrected chi connectivity index (χ4v) is 2.12. The highest BCUT2D eigenvalue weighted by Gasteiger charge is 2.15. The SMILES string of the molecule is CCc1nn(C)c(Oc2cc(Br)ccc2Cl)c1N. The molecule has 1 aromatic heterocycles. The second-order valence-corrected chi connectivity index (χ2v) is 5.14. The van der Waals surface area contributed by atoms with Gasteiger partial charge in [0.1, 0.15) is 11.4 Å². The second kappa shape index (κ2) is 5.20. The number of hydrogen-bond donors (Lipinski definition) is 1. The quantitative estimate of drug-likeness (QED) is 0.932. The highest BCUT2D eigenvalue weighted by Crippen LogP contribution is 2.35. The van der Waals surface area contributed by atoms with E-state index in [2.05, 4.69) is 21.0 Å². The van der Waals surface area contributed by atoms with Crippen molar-refractivity contribution in [1.82, 2.24) is 9.78 Å². The normalized spacial score (nSPS) is 10.7. The van der Waals surface area contributed by atoms with E-state index < -0.39 is 0 Å². The number of benzene rings is 1. The van der Waals surface area contributed by atoms with E-state index in [1.807, 2.05) is 13.0 Å². The van der Waals surface area contributed by atoms with Gasteiger partial charge in [0.15, 0.2) is 0 Å². The molecule has 0 amide bonds. The molecule has 0 saturated heterocycles. The number of nitrogens with zero attached hydrogens (tertiary/aromatic N) is 2. The number of rotatable bonds is 3. The number of hydrogen-bond acceptors (Lipinski definition) is 3. The van der Waals surface area contributed by atoms with E-state index in [-0.39, 0.29) is 0 Å². The Morgan fingerprint density at radius 3 is 2.83 bits per heavy atom. The Bertz CT molecular complexity index is 583. The number of ether oxygens (including phenoxy) is 1. The summed E-state index contributed by atoms with van der Waals surface area (Å²) < 4.78 is 8.25. The van der Waals surface area contributed by atoms with Crippen LogP contribution in [-0.2, 0) is 13.5 Å². The molecule has 18 heavy (non-hydrogen) atoms. The third-order valence-corrected chi connectivity index (χ3v) is 3.35. The molecule has 4 nitrogen and oxygen atoms in total. The molecule has 0 aliphatic carbocycles.